The summed E-state index contributed by atoms with van der Waals surface area (Å²) < 4.78 is 5.54. The number of carbonyl (C=O) groups excluding carboxylic acids is 1. The van der Waals surface area contributed by atoms with Crippen LogP contribution in [0, 0.1) is 20.8 Å². The van der Waals surface area contributed by atoms with E-state index in [1.165, 1.54) is 5.56 Å². The van der Waals surface area contributed by atoms with Gasteiger partial charge in [0.1, 0.15) is 12.4 Å². The van der Waals surface area contributed by atoms with E-state index in [1.54, 1.807) is 4.90 Å². The highest BCUT2D eigenvalue weighted by molar-refractivity contribution is 5.79. The van der Waals surface area contributed by atoms with Crippen molar-refractivity contribution in [2.24, 2.45) is 0 Å². The average molecular weight is 402 g/mol. The van der Waals surface area contributed by atoms with Crippen molar-refractivity contribution in [1.29, 1.82) is 0 Å². The number of aromatic hydroxyl groups is 1. The number of rotatable bonds is 3. The fraction of sp³-hybridized carbons (Fsp3) is 0.269. The van der Waals surface area contributed by atoms with Gasteiger partial charge in [0.2, 0.25) is 0 Å². The van der Waals surface area contributed by atoms with Crippen LogP contribution in [0.15, 0.2) is 54.6 Å². The zero-order valence-electron chi connectivity index (χ0n) is 17.7. The molecule has 4 nitrogen and oxygen atoms in total. The number of hydrogen-bond acceptors (Lipinski definition) is 3. The van der Waals surface area contributed by atoms with Crippen molar-refractivity contribution in [1.82, 2.24) is 4.90 Å². The Bertz CT molecular complexity index is 1070. The summed E-state index contributed by atoms with van der Waals surface area (Å²) in [5, 5.41) is 10.9. The van der Waals surface area contributed by atoms with Crippen LogP contribution in [0.1, 0.15) is 33.4 Å². The zero-order chi connectivity index (χ0) is 21.3. The highest BCUT2D eigenvalue weighted by atomic mass is 16.6. The van der Waals surface area contributed by atoms with Crippen molar-refractivity contribution in [3.05, 3.63) is 88.0 Å². The SMILES string of the molecule is Cc1ccc(-c2c(C)c3c(c(C)c2O)CCN(C(=O)OCc2ccccc2)C3)cc1. The number of benzene rings is 3. The van der Waals surface area contributed by atoms with Gasteiger partial charge >= 0.3 is 6.09 Å². The van der Waals surface area contributed by atoms with E-state index in [4.69, 9.17) is 4.74 Å². The van der Waals surface area contributed by atoms with Crippen LogP contribution in [0.4, 0.5) is 4.79 Å². The molecular formula is C26H27NO3. The highest BCUT2D eigenvalue weighted by Gasteiger charge is 2.28. The van der Waals surface area contributed by atoms with Gasteiger partial charge in [0, 0.05) is 18.7 Å². The third kappa shape index (κ3) is 3.78. The first-order chi connectivity index (χ1) is 14.5. The predicted molar refractivity (Wildman–Crippen MR) is 118 cm³/mol. The quantitative estimate of drug-likeness (QED) is 0.614. The minimum atomic E-state index is -0.300. The Morgan fingerprint density at radius 2 is 1.67 bits per heavy atom. The monoisotopic (exact) mass is 401 g/mol. The van der Waals surface area contributed by atoms with E-state index in [0.29, 0.717) is 25.3 Å². The minimum Gasteiger partial charge on any atom is -0.507 e. The number of phenolic OH excluding ortho intramolecular Hbond substituents is 1. The molecule has 3 aromatic carbocycles. The average Bonchev–Trinajstić information content (AvgIpc) is 2.77. The molecule has 1 aliphatic heterocycles. The van der Waals surface area contributed by atoms with Crippen LogP contribution in [0.3, 0.4) is 0 Å². The maximum Gasteiger partial charge on any atom is 0.410 e. The molecule has 0 saturated carbocycles. The van der Waals surface area contributed by atoms with Crippen LogP contribution in [0.25, 0.3) is 11.1 Å². The summed E-state index contributed by atoms with van der Waals surface area (Å²) in [7, 11) is 0. The lowest BCUT2D eigenvalue weighted by Gasteiger charge is -2.32. The van der Waals surface area contributed by atoms with Gasteiger partial charge in [-0.25, -0.2) is 4.79 Å². The smallest absolute Gasteiger partial charge is 0.410 e. The van der Waals surface area contributed by atoms with Gasteiger partial charge in [0.15, 0.2) is 0 Å². The number of phenols is 1. The maximum atomic E-state index is 12.7. The summed E-state index contributed by atoms with van der Waals surface area (Å²) in [5.41, 5.74) is 8.19. The van der Waals surface area contributed by atoms with Gasteiger partial charge in [0.05, 0.1) is 0 Å². The fourth-order valence-electron chi connectivity index (χ4n) is 4.22. The molecule has 154 valence electrons. The normalized spacial score (nSPS) is 13.1. The molecule has 0 saturated heterocycles. The predicted octanol–water partition coefficient (Wildman–Crippen LogP) is 5.68. The Kier molecular flexibility index (Phi) is 5.49. The number of hydrogen-bond donors (Lipinski definition) is 1. The molecule has 0 spiro atoms. The lowest BCUT2D eigenvalue weighted by molar-refractivity contribution is 0.0917. The van der Waals surface area contributed by atoms with Crippen molar-refractivity contribution < 1.29 is 14.6 Å². The Labute approximate surface area is 177 Å². The van der Waals surface area contributed by atoms with Crippen LogP contribution in [0.5, 0.6) is 5.75 Å². The molecule has 1 heterocycles. The van der Waals surface area contributed by atoms with Crippen LogP contribution in [-0.4, -0.2) is 22.6 Å². The van der Waals surface area contributed by atoms with Crippen LogP contribution in [0.2, 0.25) is 0 Å². The second-order valence-electron chi connectivity index (χ2n) is 8.01. The molecule has 0 aliphatic carbocycles. The number of ether oxygens (including phenoxy) is 1. The number of nitrogens with zero attached hydrogens (tertiary/aromatic N) is 1. The summed E-state index contributed by atoms with van der Waals surface area (Å²) in [4.78, 5) is 14.4. The number of aryl methyl sites for hydroxylation is 1. The first-order valence-electron chi connectivity index (χ1n) is 10.3. The van der Waals surface area contributed by atoms with Gasteiger partial charge < -0.3 is 14.7 Å². The zero-order valence-corrected chi connectivity index (χ0v) is 17.7. The topological polar surface area (TPSA) is 49.8 Å². The molecule has 0 radical (unpaired) electrons. The summed E-state index contributed by atoms with van der Waals surface area (Å²) in [6, 6.07) is 17.9. The second-order valence-corrected chi connectivity index (χ2v) is 8.01. The Morgan fingerprint density at radius 3 is 2.37 bits per heavy atom. The fourth-order valence-corrected chi connectivity index (χ4v) is 4.22. The molecule has 1 amide bonds. The van der Waals surface area contributed by atoms with Crippen LogP contribution < -0.4 is 0 Å². The first-order valence-corrected chi connectivity index (χ1v) is 10.3. The summed E-state index contributed by atoms with van der Waals surface area (Å²) in [6.07, 6.45) is 0.413. The Morgan fingerprint density at radius 1 is 0.967 bits per heavy atom. The van der Waals surface area contributed by atoms with Crippen molar-refractivity contribution >= 4 is 6.09 Å². The van der Waals surface area contributed by atoms with E-state index in [9.17, 15) is 9.90 Å². The van der Waals surface area contributed by atoms with Gasteiger partial charge in [-0.2, -0.15) is 0 Å². The largest absolute Gasteiger partial charge is 0.507 e. The molecule has 3 aromatic rings. The summed E-state index contributed by atoms with van der Waals surface area (Å²) in [6.45, 7) is 7.40. The lowest BCUT2D eigenvalue weighted by Crippen LogP contribution is -2.37. The Balaban J connectivity index is 1.61. The van der Waals surface area contributed by atoms with Crippen LogP contribution >= 0.6 is 0 Å². The molecule has 0 fully saturated rings. The van der Waals surface area contributed by atoms with Gasteiger partial charge in [0.25, 0.3) is 0 Å². The third-order valence-electron chi connectivity index (χ3n) is 6.02. The molecule has 0 aromatic heterocycles. The van der Waals surface area contributed by atoms with Crippen LogP contribution in [-0.2, 0) is 24.3 Å². The van der Waals surface area contributed by atoms with E-state index < -0.39 is 0 Å². The van der Waals surface area contributed by atoms with E-state index in [0.717, 1.165) is 38.9 Å². The second kappa shape index (κ2) is 8.23. The molecule has 1 N–H and O–H groups in total. The van der Waals surface area contributed by atoms with E-state index in [2.05, 4.69) is 12.1 Å². The Hall–Kier alpha value is -3.27. The van der Waals surface area contributed by atoms with Gasteiger partial charge in [-0.1, -0.05) is 60.2 Å². The minimum absolute atomic E-state index is 0.269. The molecule has 0 atom stereocenters. The van der Waals surface area contributed by atoms with Gasteiger partial charge in [-0.3, -0.25) is 0 Å². The molecule has 0 bridgehead atoms. The summed E-state index contributed by atoms with van der Waals surface area (Å²) >= 11 is 0. The van der Waals surface area contributed by atoms with Crippen molar-refractivity contribution in [2.45, 2.75) is 40.3 Å². The number of fused-ring (bicyclic) bond motifs is 1. The number of carbonyl (C=O) groups is 1. The molecular weight excluding hydrogens is 374 g/mol. The van der Waals surface area contributed by atoms with Crippen molar-refractivity contribution in [2.75, 3.05) is 6.54 Å². The standard InChI is InChI=1S/C26H27NO3/c1-17-9-11-21(12-10-17)24-18(2)23-15-27(14-13-22(23)19(3)25(24)28)26(29)30-16-20-7-5-4-6-8-20/h4-12,28H,13-16H2,1-3H3. The molecule has 1 aliphatic rings. The van der Waals surface area contributed by atoms with Crippen molar-refractivity contribution in [3.63, 3.8) is 0 Å². The van der Waals surface area contributed by atoms with E-state index in [1.807, 2.05) is 63.2 Å². The summed E-state index contributed by atoms with van der Waals surface area (Å²) in [5.74, 6) is 0.343. The van der Waals surface area contributed by atoms with Gasteiger partial charge in [-0.05, 0) is 60.6 Å². The molecule has 0 unspecified atom stereocenters. The third-order valence-corrected chi connectivity index (χ3v) is 6.02. The highest BCUT2D eigenvalue weighted by Crippen LogP contribution is 2.41. The van der Waals surface area contributed by atoms with Crippen molar-refractivity contribution in [3.8, 4) is 16.9 Å². The van der Waals surface area contributed by atoms with Gasteiger partial charge in [-0.15, -0.1) is 0 Å². The van der Waals surface area contributed by atoms with E-state index in [-0.39, 0.29) is 12.7 Å². The lowest BCUT2D eigenvalue weighted by atomic mass is 9.85. The molecule has 4 heteroatoms. The maximum absolute atomic E-state index is 12.7. The molecule has 4 rings (SSSR count). The first kappa shape index (κ1) is 20.0. The molecule has 30 heavy (non-hydrogen) atoms. The van der Waals surface area contributed by atoms with E-state index >= 15 is 0 Å². The number of amides is 1.